The Bertz CT molecular complexity index is 1110. The molecule has 4 aromatic rings. The molecule has 3 aromatic carbocycles. The highest BCUT2D eigenvalue weighted by Crippen LogP contribution is 2.27. The molecule has 4 rings (SSSR count). The van der Waals surface area contributed by atoms with Gasteiger partial charge in [0.05, 0.1) is 0 Å². The van der Waals surface area contributed by atoms with Crippen molar-refractivity contribution in [2.24, 2.45) is 7.05 Å². The zero-order valence-corrected chi connectivity index (χ0v) is 15.3. The molecule has 0 aliphatic carbocycles. The fraction of sp³-hybridized carbons (Fsp3) is 0.125. The van der Waals surface area contributed by atoms with Gasteiger partial charge in [-0.2, -0.15) is 4.57 Å². The Hall–Kier alpha value is -3.00. The van der Waals surface area contributed by atoms with Crippen LogP contribution in [0.3, 0.4) is 0 Å². The monoisotopic (exact) mass is 342 g/mol. The minimum absolute atomic E-state index is 0.209. The second-order valence-electron chi connectivity index (χ2n) is 6.88. The SMILES string of the molecule is Cc1ccc(C)c(-c2ccc3cc(-c4ccc(F)cc4)ccc3[n+]2C)c1. The molecule has 0 radical (unpaired) electrons. The van der Waals surface area contributed by atoms with Gasteiger partial charge in [0.1, 0.15) is 12.9 Å². The molecule has 1 nitrogen and oxygen atoms in total. The van der Waals surface area contributed by atoms with Gasteiger partial charge in [-0.1, -0.05) is 29.8 Å². The normalized spacial score (nSPS) is 11.1. The van der Waals surface area contributed by atoms with Crippen LogP contribution in [-0.2, 0) is 7.05 Å². The van der Waals surface area contributed by atoms with Crippen LogP contribution in [-0.4, -0.2) is 0 Å². The average Bonchev–Trinajstić information content (AvgIpc) is 2.65. The van der Waals surface area contributed by atoms with Gasteiger partial charge in [0, 0.05) is 23.1 Å². The predicted octanol–water partition coefficient (Wildman–Crippen LogP) is 5.75. The Morgan fingerprint density at radius 3 is 2.23 bits per heavy atom. The topological polar surface area (TPSA) is 3.88 Å². The lowest BCUT2D eigenvalue weighted by Gasteiger charge is -2.09. The summed E-state index contributed by atoms with van der Waals surface area (Å²) in [6, 6.07) is 24.0. The second kappa shape index (κ2) is 6.38. The van der Waals surface area contributed by atoms with Gasteiger partial charge in [-0.3, -0.25) is 0 Å². The van der Waals surface area contributed by atoms with Crippen LogP contribution in [0.25, 0.3) is 33.3 Å². The Morgan fingerprint density at radius 2 is 1.46 bits per heavy atom. The second-order valence-corrected chi connectivity index (χ2v) is 6.88. The fourth-order valence-corrected chi connectivity index (χ4v) is 3.51. The maximum absolute atomic E-state index is 13.2. The van der Waals surface area contributed by atoms with E-state index in [0.29, 0.717) is 0 Å². The van der Waals surface area contributed by atoms with Crippen molar-refractivity contribution < 1.29 is 8.96 Å². The number of halogens is 1. The van der Waals surface area contributed by atoms with E-state index in [4.69, 9.17) is 0 Å². The highest BCUT2D eigenvalue weighted by Gasteiger charge is 2.16. The predicted molar refractivity (Wildman–Crippen MR) is 105 cm³/mol. The molecule has 0 saturated heterocycles. The van der Waals surface area contributed by atoms with E-state index in [9.17, 15) is 4.39 Å². The van der Waals surface area contributed by atoms with Crippen molar-refractivity contribution in [2.75, 3.05) is 0 Å². The Balaban J connectivity index is 1.85. The molecular weight excluding hydrogens is 321 g/mol. The van der Waals surface area contributed by atoms with Crippen molar-refractivity contribution in [1.82, 2.24) is 0 Å². The summed E-state index contributed by atoms with van der Waals surface area (Å²) >= 11 is 0. The summed E-state index contributed by atoms with van der Waals surface area (Å²) in [5.74, 6) is -0.209. The van der Waals surface area contributed by atoms with Gasteiger partial charge in [0.25, 0.3) is 0 Å². The molecule has 1 aromatic heterocycles. The third-order valence-corrected chi connectivity index (χ3v) is 5.02. The van der Waals surface area contributed by atoms with Crippen LogP contribution in [0.1, 0.15) is 11.1 Å². The summed E-state index contributed by atoms with van der Waals surface area (Å²) in [6.07, 6.45) is 0. The standard InChI is InChI=1S/C24H21FN/c1-16-4-5-17(2)22(14-16)24-13-9-20-15-19(8-12-23(20)26(24)3)18-6-10-21(25)11-7-18/h4-15H,1-3H3/q+1. The number of fused-ring (bicyclic) bond motifs is 1. The molecule has 1 heterocycles. The lowest BCUT2D eigenvalue weighted by atomic mass is 9.99. The average molecular weight is 342 g/mol. The number of rotatable bonds is 2. The van der Waals surface area contributed by atoms with Gasteiger partial charge in [-0.15, -0.1) is 0 Å². The number of benzene rings is 3. The Kier molecular flexibility index (Phi) is 4.04. The van der Waals surface area contributed by atoms with Crippen molar-refractivity contribution in [3.8, 4) is 22.4 Å². The number of hydrogen-bond donors (Lipinski definition) is 0. The van der Waals surface area contributed by atoms with Crippen LogP contribution < -0.4 is 4.57 Å². The molecule has 0 amide bonds. The van der Waals surface area contributed by atoms with Crippen molar-refractivity contribution >= 4 is 10.9 Å². The molecule has 0 saturated carbocycles. The van der Waals surface area contributed by atoms with Crippen molar-refractivity contribution in [3.05, 3.63) is 89.7 Å². The molecule has 0 spiro atoms. The highest BCUT2D eigenvalue weighted by molar-refractivity contribution is 5.83. The van der Waals surface area contributed by atoms with Gasteiger partial charge in [0.15, 0.2) is 0 Å². The van der Waals surface area contributed by atoms with Gasteiger partial charge in [0.2, 0.25) is 11.2 Å². The molecular formula is C24H21FN+. The molecule has 0 bridgehead atoms. The number of pyridine rings is 1. The lowest BCUT2D eigenvalue weighted by molar-refractivity contribution is -0.633. The first-order valence-electron chi connectivity index (χ1n) is 8.79. The van der Waals surface area contributed by atoms with Gasteiger partial charge in [-0.25, -0.2) is 4.39 Å². The number of hydrogen-bond acceptors (Lipinski definition) is 0. The number of aromatic nitrogens is 1. The van der Waals surface area contributed by atoms with Crippen LogP contribution in [0.5, 0.6) is 0 Å². The minimum Gasteiger partial charge on any atom is -0.207 e. The first-order chi connectivity index (χ1) is 12.5. The van der Waals surface area contributed by atoms with Gasteiger partial charge >= 0.3 is 0 Å². The van der Waals surface area contributed by atoms with Crippen LogP contribution in [0, 0.1) is 19.7 Å². The van der Waals surface area contributed by atoms with E-state index in [1.807, 2.05) is 12.1 Å². The van der Waals surface area contributed by atoms with Crippen LogP contribution >= 0.6 is 0 Å². The fourth-order valence-electron chi connectivity index (χ4n) is 3.51. The van der Waals surface area contributed by atoms with E-state index < -0.39 is 0 Å². The Morgan fingerprint density at radius 1 is 0.731 bits per heavy atom. The maximum Gasteiger partial charge on any atom is 0.213 e. The van der Waals surface area contributed by atoms with E-state index in [1.54, 1.807) is 0 Å². The van der Waals surface area contributed by atoms with Crippen LogP contribution in [0.4, 0.5) is 4.39 Å². The summed E-state index contributed by atoms with van der Waals surface area (Å²) in [5.41, 5.74) is 8.29. The summed E-state index contributed by atoms with van der Waals surface area (Å²) in [5, 5.41) is 1.17. The summed E-state index contributed by atoms with van der Waals surface area (Å²) in [4.78, 5) is 0. The van der Waals surface area contributed by atoms with Crippen molar-refractivity contribution in [3.63, 3.8) is 0 Å². The van der Waals surface area contributed by atoms with Gasteiger partial charge in [-0.05, 0) is 66.9 Å². The summed E-state index contributed by atoms with van der Waals surface area (Å²) in [7, 11) is 2.11. The zero-order valence-electron chi connectivity index (χ0n) is 15.3. The van der Waals surface area contributed by atoms with Gasteiger partial charge < -0.3 is 0 Å². The molecule has 0 unspecified atom stereocenters. The van der Waals surface area contributed by atoms with Crippen molar-refractivity contribution in [1.29, 1.82) is 0 Å². The molecule has 0 N–H and O–H groups in total. The molecule has 128 valence electrons. The van der Waals surface area contributed by atoms with E-state index in [2.05, 4.69) is 74.0 Å². The largest absolute Gasteiger partial charge is 0.213 e. The summed E-state index contributed by atoms with van der Waals surface area (Å²) < 4.78 is 15.4. The maximum atomic E-state index is 13.2. The van der Waals surface area contributed by atoms with Crippen LogP contribution in [0.2, 0.25) is 0 Å². The molecule has 2 heteroatoms. The van der Waals surface area contributed by atoms with E-state index >= 15 is 0 Å². The first-order valence-corrected chi connectivity index (χ1v) is 8.79. The molecule has 0 fully saturated rings. The first kappa shape index (κ1) is 16.5. The summed E-state index contributed by atoms with van der Waals surface area (Å²) in [6.45, 7) is 4.27. The number of aryl methyl sites for hydroxylation is 3. The molecule has 26 heavy (non-hydrogen) atoms. The Labute approximate surface area is 153 Å². The molecule has 0 aliphatic rings. The highest BCUT2D eigenvalue weighted by atomic mass is 19.1. The van der Waals surface area contributed by atoms with Crippen LogP contribution in [0.15, 0.2) is 72.8 Å². The quantitative estimate of drug-likeness (QED) is 0.408. The molecule has 0 aliphatic heterocycles. The lowest BCUT2D eigenvalue weighted by Crippen LogP contribution is -2.32. The molecule has 0 atom stereocenters. The van der Waals surface area contributed by atoms with E-state index in [-0.39, 0.29) is 5.82 Å². The smallest absolute Gasteiger partial charge is 0.207 e. The third-order valence-electron chi connectivity index (χ3n) is 5.02. The van der Waals surface area contributed by atoms with E-state index in [1.165, 1.54) is 45.4 Å². The van der Waals surface area contributed by atoms with Crippen molar-refractivity contribution in [2.45, 2.75) is 13.8 Å². The third kappa shape index (κ3) is 2.88. The number of nitrogens with zero attached hydrogens (tertiary/aromatic N) is 1. The minimum atomic E-state index is -0.209. The van der Waals surface area contributed by atoms with E-state index in [0.717, 1.165) is 11.1 Å². The zero-order chi connectivity index (χ0) is 18.3.